The smallest absolute Gasteiger partial charge is 0.744 e. The third-order valence-electron chi connectivity index (χ3n) is 7.61. The Hall–Kier alpha value is -3.94. The van der Waals surface area contributed by atoms with Crippen molar-refractivity contribution in [2.45, 2.75) is 19.6 Å². The molecule has 2 aromatic heterocycles. The average Bonchev–Trinajstić information content (AvgIpc) is 3.13. The number of rotatable bonds is 14. The summed E-state index contributed by atoms with van der Waals surface area (Å²) in [7, 11) is -18.2. The summed E-state index contributed by atoms with van der Waals surface area (Å²) in [6.07, 6.45) is 2.21. The number of primary sulfonamides is 2. The summed E-state index contributed by atoms with van der Waals surface area (Å²) in [6.45, 7) is 0. The van der Waals surface area contributed by atoms with Crippen molar-refractivity contribution >= 4 is 122 Å². The predicted octanol–water partition coefficient (Wildman–Crippen LogP) is -2.38. The zero-order valence-electron chi connectivity index (χ0n) is 31.5. The Morgan fingerprint density at radius 2 is 0.726 bits per heavy atom. The van der Waals surface area contributed by atoms with E-state index in [-0.39, 0.29) is 126 Å². The van der Waals surface area contributed by atoms with E-state index in [0.717, 1.165) is 24.3 Å². The average molecular weight is 982 g/mol. The van der Waals surface area contributed by atoms with Crippen LogP contribution in [-0.4, -0.2) is 72.7 Å². The third-order valence-corrected chi connectivity index (χ3v) is 11.6. The minimum absolute atomic E-state index is 0. The van der Waals surface area contributed by atoms with E-state index in [1.165, 1.54) is 72.8 Å². The third kappa shape index (κ3) is 13.8. The van der Waals surface area contributed by atoms with Gasteiger partial charge < -0.3 is 30.4 Å². The Bertz CT molecular complexity index is 2930. The summed E-state index contributed by atoms with van der Waals surface area (Å²) in [5.41, 5.74) is 0.312. The van der Waals surface area contributed by atoms with Crippen LogP contribution < -0.4 is 90.7 Å². The van der Waals surface area contributed by atoms with Crippen molar-refractivity contribution in [2.75, 3.05) is 21.3 Å². The van der Waals surface area contributed by atoms with Crippen molar-refractivity contribution in [2.24, 2.45) is 10.3 Å². The van der Waals surface area contributed by atoms with Crippen LogP contribution in [0.3, 0.4) is 0 Å². The molecule has 6 aromatic rings. The van der Waals surface area contributed by atoms with Crippen molar-refractivity contribution in [1.82, 2.24) is 29.9 Å². The maximum atomic E-state index is 12.4. The number of hydrogen-bond acceptors (Lipinski definition) is 20. The zero-order chi connectivity index (χ0) is 43.6. The number of nitrogens with one attached hydrogen (secondary N) is 4. The van der Waals surface area contributed by atoms with Gasteiger partial charge in [-0.25, -0.2) is 43.9 Å². The van der Waals surface area contributed by atoms with Gasteiger partial charge in [-0.15, -0.1) is 0 Å². The second kappa shape index (κ2) is 20.3. The topological polar surface area (TPSA) is 360 Å². The Labute approximate surface area is 407 Å². The molecule has 0 spiro atoms. The van der Waals surface area contributed by atoms with Crippen molar-refractivity contribution in [3.63, 3.8) is 0 Å². The fourth-order valence-electron chi connectivity index (χ4n) is 5.01. The molecule has 0 fully saturated rings. The molecular formula is C32H24Cl2N12Na2O10S4. The quantitative estimate of drug-likeness (QED) is 0.0377. The molecule has 0 atom stereocenters. The van der Waals surface area contributed by atoms with Gasteiger partial charge in [-0.05, 0) is 107 Å². The molecule has 8 N–H and O–H groups in total. The minimum Gasteiger partial charge on any atom is -0.744 e. The Morgan fingerprint density at radius 1 is 0.452 bits per heavy atom. The first-order valence-electron chi connectivity index (χ1n) is 16.0. The molecular weight excluding hydrogens is 958 g/mol. The van der Waals surface area contributed by atoms with Crippen LogP contribution in [-0.2, 0) is 40.3 Å². The number of aromatic nitrogens is 6. The summed E-state index contributed by atoms with van der Waals surface area (Å²) in [4.78, 5) is 22.2. The molecule has 0 saturated heterocycles. The van der Waals surface area contributed by atoms with Crippen LogP contribution >= 0.6 is 23.2 Å². The van der Waals surface area contributed by atoms with Gasteiger partial charge in [0.1, 0.15) is 20.2 Å². The molecule has 62 heavy (non-hydrogen) atoms. The molecule has 22 nitrogen and oxygen atoms in total. The van der Waals surface area contributed by atoms with E-state index in [1.807, 2.05) is 0 Å². The molecule has 0 amide bonds. The number of nitrogens with two attached hydrogens (primary N) is 2. The number of halogens is 2. The first-order valence-corrected chi connectivity index (χ1v) is 22.7. The van der Waals surface area contributed by atoms with Crippen molar-refractivity contribution < 1.29 is 102 Å². The molecule has 2 heterocycles. The number of sulfonamides is 2. The van der Waals surface area contributed by atoms with Gasteiger partial charge in [-0.2, -0.15) is 29.9 Å². The van der Waals surface area contributed by atoms with Crippen molar-refractivity contribution in [3.8, 4) is 0 Å². The van der Waals surface area contributed by atoms with E-state index in [1.54, 1.807) is 0 Å². The first-order chi connectivity index (χ1) is 28.0. The summed E-state index contributed by atoms with van der Waals surface area (Å²) >= 11 is 12.1. The van der Waals surface area contributed by atoms with Crippen LogP contribution in [0.25, 0.3) is 12.2 Å². The summed E-state index contributed by atoms with van der Waals surface area (Å²) < 4.78 is 120. The predicted molar refractivity (Wildman–Crippen MR) is 216 cm³/mol. The summed E-state index contributed by atoms with van der Waals surface area (Å²) in [5, 5.41) is 20.6. The normalized spacial score (nSPS) is 11.9. The number of benzene rings is 4. The van der Waals surface area contributed by atoms with Crippen LogP contribution in [0.5, 0.6) is 0 Å². The Kier molecular flexibility index (Phi) is 16.6. The maximum absolute atomic E-state index is 12.4. The van der Waals surface area contributed by atoms with E-state index in [2.05, 4.69) is 51.2 Å². The molecule has 0 saturated carbocycles. The van der Waals surface area contributed by atoms with Crippen LogP contribution in [0.1, 0.15) is 11.1 Å². The van der Waals surface area contributed by atoms with E-state index >= 15 is 0 Å². The molecule has 0 aliphatic carbocycles. The van der Waals surface area contributed by atoms with Gasteiger partial charge in [0, 0.05) is 22.7 Å². The second-order valence-electron chi connectivity index (χ2n) is 11.9. The van der Waals surface area contributed by atoms with E-state index < -0.39 is 50.1 Å². The Morgan fingerprint density at radius 3 is 1.00 bits per heavy atom. The monoisotopic (exact) mass is 980 g/mol. The van der Waals surface area contributed by atoms with Gasteiger partial charge >= 0.3 is 59.1 Å². The summed E-state index contributed by atoms with van der Waals surface area (Å²) in [5.74, 6) is -0.596. The van der Waals surface area contributed by atoms with Gasteiger partial charge in [0.2, 0.25) is 54.4 Å². The molecule has 312 valence electrons. The molecule has 0 unspecified atom stereocenters. The van der Waals surface area contributed by atoms with Crippen LogP contribution in [0.15, 0.2) is 105 Å². The number of nitrogens with zero attached hydrogens (tertiary/aromatic N) is 6. The second-order valence-corrected chi connectivity index (χ2v) is 18.4. The van der Waals surface area contributed by atoms with E-state index in [4.69, 9.17) is 33.5 Å². The van der Waals surface area contributed by atoms with Crippen molar-refractivity contribution in [1.29, 1.82) is 0 Å². The fourth-order valence-corrected chi connectivity index (χ4v) is 7.75. The molecule has 30 heteroatoms. The maximum Gasteiger partial charge on any atom is 1.00 e. The van der Waals surface area contributed by atoms with Crippen LogP contribution in [0, 0.1) is 0 Å². The van der Waals surface area contributed by atoms with Crippen LogP contribution in [0.2, 0.25) is 10.6 Å². The molecule has 6 rings (SSSR count). The molecule has 4 aromatic carbocycles. The molecule has 0 radical (unpaired) electrons. The Balaban J connectivity index is 0.00000422. The number of anilines is 8. The fraction of sp³-hybridized carbons (Fsp3) is 0. The summed E-state index contributed by atoms with van der Waals surface area (Å²) in [6, 6.07) is 17.5. The molecule has 0 bridgehead atoms. The van der Waals surface area contributed by atoms with Gasteiger partial charge in [-0.1, -0.05) is 24.3 Å². The van der Waals surface area contributed by atoms with Gasteiger partial charge in [0.25, 0.3) is 0 Å². The molecule has 0 aliphatic rings. The first kappa shape index (κ1) is 50.7. The van der Waals surface area contributed by atoms with Crippen molar-refractivity contribution in [3.05, 3.63) is 107 Å². The van der Waals surface area contributed by atoms with E-state index in [9.17, 15) is 42.8 Å². The van der Waals surface area contributed by atoms with E-state index in [0.29, 0.717) is 11.4 Å². The van der Waals surface area contributed by atoms with Gasteiger partial charge in [0.05, 0.1) is 19.6 Å². The van der Waals surface area contributed by atoms with Gasteiger partial charge in [-0.3, -0.25) is 0 Å². The zero-order valence-corrected chi connectivity index (χ0v) is 40.3. The standard InChI is InChI=1S/C32H26Cl2N12O10S4.2Na/c33-27-41-29(37-19-7-11-23(12-8-19)57(35,47)48)45-31(43-27)39-21-5-3-17(25(15-21)59(51,52)53)1-2-18-4-6-22(16-26(18)60(54,55)56)40-32-44-28(34)42-30(46-32)38-20-9-13-24(14-10-20)58(36,49)50;;/h1-16H,(H2,35,47,48)(H2,36,49,50)(H,51,52,53)(H,54,55,56)(H2,37,39,41,43,45)(H2,38,40,42,44,46);;/q;2*+1/p-2/b2-1+;;. The SMILES string of the molecule is NS(=O)(=O)c1ccc(Nc2nc(Cl)nc(Nc3ccc(/C=C/c4ccc(Nc5nc(Cl)nc(Nc6ccc(S(N)(=O)=O)cc6)n5)cc4S(=O)(=O)[O-])c(S(=O)(=O)[O-])c3)n2)cc1.[Na+].[Na+]. The minimum atomic E-state index is -5.18. The van der Waals surface area contributed by atoms with Gasteiger partial charge in [0.15, 0.2) is 0 Å². The number of hydrogen-bond donors (Lipinski definition) is 6. The van der Waals surface area contributed by atoms with Crippen LogP contribution in [0.4, 0.5) is 46.5 Å². The largest absolute Gasteiger partial charge is 1.00 e. The molecule has 0 aliphatic heterocycles.